The highest BCUT2D eigenvalue weighted by molar-refractivity contribution is 6.11. The lowest BCUT2D eigenvalue weighted by Crippen LogP contribution is -2.02. The molecule has 1 heterocycles. The fraction of sp³-hybridized carbons (Fsp3) is 0.200. The van der Waals surface area contributed by atoms with E-state index in [4.69, 9.17) is 0 Å². The second kappa shape index (κ2) is 4.09. The van der Waals surface area contributed by atoms with E-state index in [0.29, 0.717) is 5.52 Å². The molecule has 0 N–H and O–H groups in total. The van der Waals surface area contributed by atoms with Gasteiger partial charge >= 0.3 is 0 Å². The quantitative estimate of drug-likeness (QED) is 0.506. The first-order chi connectivity index (χ1) is 9.11. The molecule has 0 amide bonds. The topological polar surface area (TPSA) is 48.1 Å². The van der Waals surface area contributed by atoms with Crippen molar-refractivity contribution in [3.05, 3.63) is 52.6 Å². The number of hydrogen-bond donors (Lipinski definition) is 0. The lowest BCUT2D eigenvalue weighted by Gasteiger charge is -2.11. The van der Waals surface area contributed by atoms with Gasteiger partial charge in [-0.2, -0.15) is 0 Å². The fourth-order valence-electron chi connectivity index (χ4n) is 2.72. The number of nitro groups is 1. The van der Waals surface area contributed by atoms with Crippen molar-refractivity contribution in [1.29, 1.82) is 0 Å². The van der Waals surface area contributed by atoms with E-state index in [1.54, 1.807) is 12.1 Å². The van der Waals surface area contributed by atoms with Gasteiger partial charge in [-0.15, -0.1) is 0 Å². The number of fused-ring (bicyclic) bond motifs is 3. The maximum Gasteiger partial charge on any atom is 0.293 e. The smallest absolute Gasteiger partial charge is 0.293 e. The first-order valence-corrected chi connectivity index (χ1v) is 6.27. The molecule has 0 spiro atoms. The molecule has 3 aromatic rings. The van der Waals surface area contributed by atoms with Gasteiger partial charge in [-0.1, -0.05) is 30.3 Å². The van der Waals surface area contributed by atoms with E-state index in [0.717, 1.165) is 16.3 Å². The number of para-hydroxylation sites is 2. The lowest BCUT2D eigenvalue weighted by molar-refractivity contribution is -0.383. The Bertz CT molecular complexity index is 787. The molecule has 0 aliphatic rings. The number of aromatic nitrogens is 1. The summed E-state index contributed by atoms with van der Waals surface area (Å²) >= 11 is 0. The third-order valence-corrected chi connectivity index (χ3v) is 3.42. The van der Waals surface area contributed by atoms with Crippen molar-refractivity contribution in [3.8, 4) is 0 Å². The minimum Gasteiger partial charge on any atom is -0.332 e. The molecule has 2 aromatic carbocycles. The van der Waals surface area contributed by atoms with E-state index in [1.807, 2.05) is 48.7 Å². The van der Waals surface area contributed by atoms with Gasteiger partial charge in [-0.3, -0.25) is 10.1 Å². The summed E-state index contributed by atoms with van der Waals surface area (Å²) in [7, 11) is 0. The number of hydrogen-bond acceptors (Lipinski definition) is 2. The Morgan fingerprint density at radius 1 is 1.05 bits per heavy atom. The molecule has 0 radical (unpaired) electrons. The zero-order valence-electron chi connectivity index (χ0n) is 10.8. The molecule has 4 nitrogen and oxygen atoms in total. The minimum absolute atomic E-state index is 0.169. The van der Waals surface area contributed by atoms with Gasteiger partial charge in [-0.25, -0.2) is 0 Å². The molecule has 0 bridgehead atoms. The number of non-ortho nitro benzene ring substituents is 1. The van der Waals surface area contributed by atoms with E-state index in [9.17, 15) is 10.1 Å². The Labute approximate surface area is 110 Å². The van der Waals surface area contributed by atoms with Crippen LogP contribution in [0.1, 0.15) is 19.9 Å². The third-order valence-electron chi connectivity index (χ3n) is 3.42. The highest BCUT2D eigenvalue weighted by Crippen LogP contribution is 2.36. The van der Waals surface area contributed by atoms with Crippen LogP contribution in [0.2, 0.25) is 0 Å². The first kappa shape index (κ1) is 11.7. The molecule has 1 aromatic heterocycles. The van der Waals surface area contributed by atoms with Gasteiger partial charge in [0.2, 0.25) is 0 Å². The van der Waals surface area contributed by atoms with Crippen LogP contribution in [-0.4, -0.2) is 9.49 Å². The van der Waals surface area contributed by atoms with E-state index >= 15 is 0 Å². The zero-order valence-corrected chi connectivity index (χ0v) is 10.8. The Morgan fingerprint density at radius 3 is 2.42 bits per heavy atom. The van der Waals surface area contributed by atoms with Gasteiger partial charge in [0.25, 0.3) is 5.69 Å². The highest BCUT2D eigenvalue weighted by atomic mass is 16.6. The number of nitrogens with zero attached hydrogens (tertiary/aromatic N) is 2. The molecule has 0 aliphatic heterocycles. The zero-order chi connectivity index (χ0) is 13.6. The van der Waals surface area contributed by atoms with Crippen molar-refractivity contribution < 1.29 is 4.92 Å². The van der Waals surface area contributed by atoms with Crippen molar-refractivity contribution in [2.45, 2.75) is 19.9 Å². The molecule has 0 aliphatic carbocycles. The van der Waals surface area contributed by atoms with Crippen LogP contribution in [-0.2, 0) is 0 Å². The fourth-order valence-corrected chi connectivity index (χ4v) is 2.72. The summed E-state index contributed by atoms with van der Waals surface area (Å²) in [5.41, 5.74) is 1.92. The average Bonchev–Trinajstić information content (AvgIpc) is 2.72. The molecule has 0 fully saturated rings. The molecule has 96 valence electrons. The number of nitro benzene ring substituents is 1. The van der Waals surface area contributed by atoms with Crippen LogP contribution in [0.5, 0.6) is 0 Å². The Balaban J connectivity index is 2.61. The van der Waals surface area contributed by atoms with E-state index in [-0.39, 0.29) is 16.7 Å². The van der Waals surface area contributed by atoms with Crippen LogP contribution >= 0.6 is 0 Å². The number of rotatable bonds is 2. The van der Waals surface area contributed by atoms with Crippen molar-refractivity contribution in [2.75, 3.05) is 0 Å². The van der Waals surface area contributed by atoms with E-state index in [1.165, 1.54) is 0 Å². The van der Waals surface area contributed by atoms with E-state index in [2.05, 4.69) is 0 Å². The van der Waals surface area contributed by atoms with Gasteiger partial charge < -0.3 is 4.57 Å². The summed E-state index contributed by atoms with van der Waals surface area (Å²) < 4.78 is 2.04. The summed E-state index contributed by atoms with van der Waals surface area (Å²) in [6, 6.07) is 13.4. The predicted octanol–water partition coefficient (Wildman–Crippen LogP) is 4.28. The molecule has 0 unspecified atom stereocenters. The summed E-state index contributed by atoms with van der Waals surface area (Å²) in [6.07, 6.45) is 0. The van der Waals surface area contributed by atoms with Crippen molar-refractivity contribution in [1.82, 2.24) is 4.57 Å². The Hall–Kier alpha value is -2.36. The molecule has 0 saturated heterocycles. The number of benzene rings is 2. The van der Waals surface area contributed by atoms with Crippen LogP contribution in [0.15, 0.2) is 42.5 Å². The molecule has 19 heavy (non-hydrogen) atoms. The van der Waals surface area contributed by atoms with Gasteiger partial charge in [0.1, 0.15) is 5.52 Å². The van der Waals surface area contributed by atoms with Gasteiger partial charge in [0, 0.05) is 28.4 Å². The SMILES string of the molecule is CC(C)n1c2ccccc2c2cccc([N+](=O)[O-])c21. The van der Waals surface area contributed by atoms with Crippen molar-refractivity contribution >= 4 is 27.5 Å². The summed E-state index contributed by atoms with van der Waals surface area (Å²) in [5, 5.41) is 13.3. The van der Waals surface area contributed by atoms with Crippen molar-refractivity contribution in [3.63, 3.8) is 0 Å². The third kappa shape index (κ3) is 1.60. The van der Waals surface area contributed by atoms with Gasteiger partial charge in [0.15, 0.2) is 0 Å². The molecule has 4 heteroatoms. The lowest BCUT2D eigenvalue weighted by atomic mass is 10.1. The first-order valence-electron chi connectivity index (χ1n) is 6.27. The second-order valence-corrected chi connectivity index (χ2v) is 4.91. The van der Waals surface area contributed by atoms with E-state index < -0.39 is 0 Å². The summed E-state index contributed by atoms with van der Waals surface area (Å²) in [5.74, 6) is 0. The minimum atomic E-state index is -0.305. The molecular formula is C15H14N2O2. The molecular weight excluding hydrogens is 240 g/mol. The van der Waals surface area contributed by atoms with Crippen molar-refractivity contribution in [2.24, 2.45) is 0 Å². The molecule has 3 rings (SSSR count). The van der Waals surface area contributed by atoms with Crippen LogP contribution < -0.4 is 0 Å². The highest BCUT2D eigenvalue weighted by Gasteiger charge is 2.20. The maximum absolute atomic E-state index is 11.3. The molecule has 0 saturated carbocycles. The molecule has 0 atom stereocenters. The van der Waals surface area contributed by atoms with Crippen LogP contribution in [0, 0.1) is 10.1 Å². The second-order valence-electron chi connectivity index (χ2n) is 4.91. The largest absolute Gasteiger partial charge is 0.332 e. The summed E-state index contributed by atoms with van der Waals surface area (Å²) in [6.45, 7) is 4.09. The maximum atomic E-state index is 11.3. The summed E-state index contributed by atoms with van der Waals surface area (Å²) in [4.78, 5) is 11.0. The normalized spacial score (nSPS) is 11.5. The average molecular weight is 254 g/mol. The Morgan fingerprint density at radius 2 is 1.74 bits per heavy atom. The monoisotopic (exact) mass is 254 g/mol. The van der Waals surface area contributed by atoms with Gasteiger partial charge in [0.05, 0.1) is 4.92 Å². The standard InChI is InChI=1S/C15H14N2O2/c1-10(2)16-13-8-4-3-6-11(13)12-7-5-9-14(15(12)16)17(18)19/h3-10H,1-2H3. The van der Waals surface area contributed by atoms with Gasteiger partial charge in [-0.05, 0) is 19.9 Å². The van der Waals surface area contributed by atoms with Crippen LogP contribution in [0.4, 0.5) is 5.69 Å². The van der Waals surface area contributed by atoms with Crippen LogP contribution in [0.3, 0.4) is 0 Å². The predicted molar refractivity (Wildman–Crippen MR) is 76.5 cm³/mol. The Kier molecular flexibility index (Phi) is 2.52. The van der Waals surface area contributed by atoms with Crippen LogP contribution in [0.25, 0.3) is 21.8 Å².